The standard InChI is InChI=1S/C48H79NO2/c1-6-8-10-12-14-16-18-20-22-24-26-28-30-32-34-36-42-48(50-47(3,51-48)46-40-38-45(39-41-46)44-49(4)5)43-37-35-33-31-29-27-25-23-21-19-17-15-13-11-9-7-2/h8,10,14-17,20-23,38-41H,6-7,9,11-13,18-19,24-37,42-44H2,1-5H3. The van der Waals surface area contributed by atoms with E-state index in [0.29, 0.717) is 0 Å². The second-order valence-corrected chi connectivity index (χ2v) is 15.3. The smallest absolute Gasteiger partial charge is 0.198 e. The minimum absolute atomic E-state index is 0.419. The highest BCUT2D eigenvalue weighted by Gasteiger charge is 2.54. The molecule has 1 fully saturated rings. The molecule has 1 heterocycles. The third-order valence-corrected chi connectivity index (χ3v) is 9.96. The summed E-state index contributed by atoms with van der Waals surface area (Å²) in [4.78, 5) is 2.20. The van der Waals surface area contributed by atoms with Gasteiger partial charge in [-0.15, -0.1) is 0 Å². The Morgan fingerprint density at radius 3 is 1.37 bits per heavy atom. The van der Waals surface area contributed by atoms with E-state index in [0.717, 1.165) is 50.6 Å². The lowest BCUT2D eigenvalue weighted by molar-refractivity contribution is -0.518. The van der Waals surface area contributed by atoms with E-state index in [9.17, 15) is 0 Å². The number of rotatable bonds is 32. The van der Waals surface area contributed by atoms with E-state index in [-0.39, 0.29) is 0 Å². The summed E-state index contributed by atoms with van der Waals surface area (Å²) in [6.07, 6.45) is 52.6. The maximum Gasteiger partial charge on any atom is 0.198 e. The summed E-state index contributed by atoms with van der Waals surface area (Å²) in [6.45, 7) is 7.51. The van der Waals surface area contributed by atoms with Gasteiger partial charge in [0, 0.05) is 24.9 Å². The van der Waals surface area contributed by atoms with Crippen molar-refractivity contribution in [2.75, 3.05) is 14.1 Å². The molecule has 2 rings (SSSR count). The van der Waals surface area contributed by atoms with Gasteiger partial charge in [-0.25, -0.2) is 0 Å². The molecule has 0 aromatic heterocycles. The predicted molar refractivity (Wildman–Crippen MR) is 224 cm³/mol. The van der Waals surface area contributed by atoms with E-state index >= 15 is 0 Å². The zero-order chi connectivity index (χ0) is 36.7. The van der Waals surface area contributed by atoms with Gasteiger partial charge in [-0.1, -0.05) is 163 Å². The third kappa shape index (κ3) is 21.8. The molecule has 0 atom stereocenters. The van der Waals surface area contributed by atoms with Crippen LogP contribution >= 0.6 is 0 Å². The van der Waals surface area contributed by atoms with Crippen LogP contribution in [0, 0.1) is 0 Å². The fraction of sp³-hybridized carbons (Fsp3) is 0.667. The average Bonchev–Trinajstić information content (AvgIpc) is 3.10. The lowest BCUT2D eigenvalue weighted by Gasteiger charge is -2.55. The molecule has 0 aliphatic carbocycles. The molecule has 1 aliphatic rings. The molecule has 1 aromatic carbocycles. The number of hydrogen-bond acceptors (Lipinski definition) is 3. The molecule has 1 aromatic rings. The van der Waals surface area contributed by atoms with Crippen LogP contribution in [0.25, 0.3) is 0 Å². The normalized spacial score (nSPS) is 19.6. The van der Waals surface area contributed by atoms with E-state index in [2.05, 4.69) is 125 Å². The summed E-state index contributed by atoms with van der Waals surface area (Å²) >= 11 is 0. The predicted octanol–water partition coefficient (Wildman–Crippen LogP) is 14.8. The molecule has 0 amide bonds. The van der Waals surface area contributed by atoms with Crippen LogP contribution in [-0.4, -0.2) is 24.8 Å². The number of nitrogens with zero attached hydrogens (tertiary/aromatic N) is 1. The molecule has 0 spiro atoms. The molecule has 0 saturated carbocycles. The highest BCUT2D eigenvalue weighted by molar-refractivity contribution is 5.27. The molecular formula is C48H79NO2. The van der Waals surface area contributed by atoms with Gasteiger partial charge in [0.2, 0.25) is 0 Å². The Bertz CT molecular complexity index is 1100. The Morgan fingerprint density at radius 1 is 0.510 bits per heavy atom. The van der Waals surface area contributed by atoms with Crippen molar-refractivity contribution < 1.29 is 9.47 Å². The summed E-state index contributed by atoms with van der Waals surface area (Å²) in [5, 5.41) is 0. The summed E-state index contributed by atoms with van der Waals surface area (Å²) in [7, 11) is 4.23. The maximum atomic E-state index is 6.81. The number of ether oxygens (including phenoxy) is 2. The maximum absolute atomic E-state index is 6.81. The Balaban J connectivity index is 1.66. The zero-order valence-corrected chi connectivity index (χ0v) is 34.0. The molecule has 0 N–H and O–H groups in total. The minimum Gasteiger partial charge on any atom is -0.314 e. The fourth-order valence-electron chi connectivity index (χ4n) is 7.02. The van der Waals surface area contributed by atoms with Crippen molar-refractivity contribution in [3.05, 3.63) is 96.2 Å². The van der Waals surface area contributed by atoms with E-state index < -0.39 is 11.6 Å². The van der Waals surface area contributed by atoms with Crippen molar-refractivity contribution in [3.8, 4) is 0 Å². The van der Waals surface area contributed by atoms with Gasteiger partial charge in [0.05, 0.1) is 0 Å². The lowest BCUT2D eigenvalue weighted by Crippen LogP contribution is -2.59. The van der Waals surface area contributed by atoms with Gasteiger partial charge in [0.15, 0.2) is 11.6 Å². The van der Waals surface area contributed by atoms with Crippen LogP contribution in [0.2, 0.25) is 0 Å². The highest BCUT2D eigenvalue weighted by Crippen LogP contribution is 2.50. The van der Waals surface area contributed by atoms with Crippen LogP contribution in [0.1, 0.15) is 186 Å². The molecular weight excluding hydrogens is 623 g/mol. The Labute approximate surface area is 316 Å². The van der Waals surface area contributed by atoms with Crippen LogP contribution in [0.4, 0.5) is 0 Å². The van der Waals surface area contributed by atoms with Gasteiger partial charge in [-0.2, -0.15) is 0 Å². The van der Waals surface area contributed by atoms with E-state index in [1.807, 2.05) is 0 Å². The first-order valence-corrected chi connectivity index (χ1v) is 21.3. The SMILES string of the molecule is CCC=CCC=CCC=CCCCCCCCCC1(CCCCCCCCC=CCC=CCCCCC)OC(C)(c2ccc(CN(C)C)cc2)O1. The minimum atomic E-state index is -0.635. The van der Waals surface area contributed by atoms with Gasteiger partial charge in [-0.05, 0) is 104 Å². The lowest BCUT2D eigenvalue weighted by atomic mass is 9.93. The monoisotopic (exact) mass is 702 g/mol. The zero-order valence-electron chi connectivity index (χ0n) is 34.0. The molecule has 3 nitrogen and oxygen atoms in total. The highest BCUT2D eigenvalue weighted by atomic mass is 16.9. The first-order valence-electron chi connectivity index (χ1n) is 21.3. The second kappa shape index (κ2) is 29.3. The Morgan fingerprint density at radius 2 is 0.922 bits per heavy atom. The van der Waals surface area contributed by atoms with Crippen LogP contribution in [-0.2, 0) is 21.8 Å². The number of unbranched alkanes of at least 4 members (excludes halogenated alkanes) is 15. The summed E-state index contributed by atoms with van der Waals surface area (Å²) in [6, 6.07) is 8.83. The van der Waals surface area contributed by atoms with Crippen molar-refractivity contribution in [1.82, 2.24) is 4.90 Å². The van der Waals surface area contributed by atoms with E-state index in [4.69, 9.17) is 9.47 Å². The van der Waals surface area contributed by atoms with Crippen molar-refractivity contribution in [1.29, 1.82) is 0 Å². The van der Waals surface area contributed by atoms with E-state index in [1.54, 1.807) is 0 Å². The van der Waals surface area contributed by atoms with Crippen LogP contribution in [0.5, 0.6) is 0 Å². The van der Waals surface area contributed by atoms with Crippen molar-refractivity contribution in [3.63, 3.8) is 0 Å². The topological polar surface area (TPSA) is 21.7 Å². The van der Waals surface area contributed by atoms with Crippen LogP contribution in [0.15, 0.2) is 85.0 Å². The number of benzene rings is 1. The summed E-state index contributed by atoms with van der Waals surface area (Å²) < 4.78 is 13.6. The molecule has 3 heteroatoms. The molecule has 0 bridgehead atoms. The van der Waals surface area contributed by atoms with Gasteiger partial charge >= 0.3 is 0 Å². The van der Waals surface area contributed by atoms with Crippen molar-refractivity contribution >= 4 is 0 Å². The van der Waals surface area contributed by atoms with Crippen molar-refractivity contribution in [2.24, 2.45) is 0 Å². The molecule has 1 saturated heterocycles. The van der Waals surface area contributed by atoms with Gasteiger partial charge in [0.25, 0.3) is 0 Å². The summed E-state index contributed by atoms with van der Waals surface area (Å²) in [5.41, 5.74) is 2.45. The number of allylic oxidation sites excluding steroid dienone is 10. The average molecular weight is 702 g/mol. The van der Waals surface area contributed by atoms with Gasteiger partial charge < -0.3 is 14.4 Å². The second-order valence-electron chi connectivity index (χ2n) is 15.3. The largest absolute Gasteiger partial charge is 0.314 e. The Hall–Kier alpha value is -2.20. The first kappa shape index (κ1) is 45.0. The third-order valence-electron chi connectivity index (χ3n) is 9.96. The van der Waals surface area contributed by atoms with E-state index in [1.165, 1.54) is 121 Å². The first-order chi connectivity index (χ1) is 24.9. The van der Waals surface area contributed by atoms with Gasteiger partial charge in [-0.3, -0.25) is 0 Å². The molecule has 51 heavy (non-hydrogen) atoms. The van der Waals surface area contributed by atoms with Crippen LogP contribution in [0.3, 0.4) is 0 Å². The molecule has 1 aliphatic heterocycles. The quantitative estimate of drug-likeness (QED) is 0.0551. The molecule has 0 radical (unpaired) electrons. The Kier molecular flexibility index (Phi) is 25.8. The molecule has 0 unspecified atom stereocenters. The van der Waals surface area contributed by atoms with Crippen molar-refractivity contribution in [2.45, 2.75) is 193 Å². The van der Waals surface area contributed by atoms with Crippen LogP contribution < -0.4 is 0 Å². The summed E-state index contributed by atoms with van der Waals surface area (Å²) in [5.74, 6) is -1.05. The fourth-order valence-corrected chi connectivity index (χ4v) is 7.02. The number of hydrogen-bond donors (Lipinski definition) is 0. The molecule has 288 valence electrons. The van der Waals surface area contributed by atoms with Gasteiger partial charge in [0.1, 0.15) is 0 Å².